The Bertz CT molecular complexity index is 542. The molecule has 0 saturated carbocycles. The lowest BCUT2D eigenvalue weighted by Gasteiger charge is -2.41. The van der Waals surface area contributed by atoms with E-state index < -0.39 is 21.6 Å². The lowest BCUT2D eigenvalue weighted by atomic mass is 9.78. The molecule has 23 heavy (non-hydrogen) atoms. The van der Waals surface area contributed by atoms with Gasteiger partial charge >= 0.3 is 5.97 Å². The third-order valence-electron chi connectivity index (χ3n) is 4.92. The molecule has 2 aliphatic rings. The normalized spacial score (nSPS) is 28.6. The molecule has 0 bridgehead atoms. The van der Waals surface area contributed by atoms with Crippen LogP contribution < -0.4 is 0 Å². The van der Waals surface area contributed by atoms with E-state index in [9.17, 15) is 18.3 Å². The highest BCUT2D eigenvalue weighted by molar-refractivity contribution is 7.86. The van der Waals surface area contributed by atoms with Crippen molar-refractivity contribution in [2.24, 2.45) is 5.41 Å². The van der Waals surface area contributed by atoms with Crippen molar-refractivity contribution < 1.29 is 23.1 Å². The second kappa shape index (κ2) is 7.29. The van der Waals surface area contributed by atoms with Gasteiger partial charge in [0.05, 0.1) is 11.5 Å². The van der Waals surface area contributed by atoms with Crippen LogP contribution in [0.2, 0.25) is 0 Å². The number of hydrogen-bond acceptors (Lipinski definition) is 4. The van der Waals surface area contributed by atoms with Crippen LogP contribution in [-0.2, 0) is 19.7 Å². The first-order valence-electron chi connectivity index (χ1n) is 7.98. The highest BCUT2D eigenvalue weighted by Crippen LogP contribution is 2.36. The second-order valence-electron chi connectivity index (χ2n) is 6.36. The number of ether oxygens (including phenoxy) is 1. The van der Waals surface area contributed by atoms with Gasteiger partial charge in [0.1, 0.15) is 0 Å². The number of hydrogen-bond donors (Lipinski definition) is 1. The van der Waals surface area contributed by atoms with Crippen LogP contribution in [0.5, 0.6) is 0 Å². The Hall–Kier alpha value is -0.960. The van der Waals surface area contributed by atoms with Crippen molar-refractivity contribution in [3.63, 3.8) is 0 Å². The minimum absolute atomic E-state index is 0.0148. The van der Waals surface area contributed by atoms with Crippen molar-refractivity contribution >= 4 is 16.2 Å². The summed E-state index contributed by atoms with van der Waals surface area (Å²) in [6.07, 6.45) is 4.30. The maximum Gasteiger partial charge on any atom is 0.311 e. The minimum Gasteiger partial charge on any atom is -0.481 e. The molecule has 0 aliphatic carbocycles. The molecule has 0 radical (unpaired) electrons. The van der Waals surface area contributed by atoms with E-state index in [1.165, 1.54) is 8.61 Å². The average Bonchev–Trinajstić information content (AvgIpc) is 2.55. The predicted molar refractivity (Wildman–Crippen MR) is 86.2 cm³/mol. The van der Waals surface area contributed by atoms with E-state index in [-0.39, 0.29) is 19.1 Å². The zero-order valence-corrected chi connectivity index (χ0v) is 14.4. The number of rotatable bonds is 6. The Kier molecular flexibility index (Phi) is 5.83. The summed E-state index contributed by atoms with van der Waals surface area (Å²) in [5.74, 6) is -0.949. The van der Waals surface area contributed by atoms with Crippen molar-refractivity contribution in [3.8, 4) is 0 Å². The fraction of sp³-hybridized carbons (Fsp3) is 0.800. The third kappa shape index (κ3) is 3.76. The lowest BCUT2D eigenvalue weighted by molar-refractivity contribution is -0.151. The Balaban J connectivity index is 2.13. The summed E-state index contributed by atoms with van der Waals surface area (Å²) < 4.78 is 33.7. The third-order valence-corrected chi connectivity index (χ3v) is 6.90. The number of carboxylic acids is 1. The lowest BCUT2D eigenvalue weighted by Crippen LogP contribution is -2.55. The van der Waals surface area contributed by atoms with Gasteiger partial charge in [-0.1, -0.05) is 6.08 Å². The van der Waals surface area contributed by atoms with Crippen molar-refractivity contribution in [2.75, 3.05) is 33.3 Å². The van der Waals surface area contributed by atoms with Crippen LogP contribution in [0.15, 0.2) is 12.7 Å². The van der Waals surface area contributed by atoms with Crippen LogP contribution in [0.4, 0.5) is 0 Å². The van der Waals surface area contributed by atoms with Crippen LogP contribution in [-0.4, -0.2) is 67.5 Å². The molecule has 0 unspecified atom stereocenters. The van der Waals surface area contributed by atoms with E-state index in [0.29, 0.717) is 45.3 Å². The van der Waals surface area contributed by atoms with Crippen molar-refractivity contribution in [2.45, 2.75) is 38.2 Å². The van der Waals surface area contributed by atoms with E-state index in [1.54, 1.807) is 13.2 Å². The number of nitrogens with zero attached hydrogens (tertiary/aromatic N) is 2. The van der Waals surface area contributed by atoms with Gasteiger partial charge in [-0.2, -0.15) is 17.0 Å². The highest BCUT2D eigenvalue weighted by Gasteiger charge is 2.46. The second-order valence-corrected chi connectivity index (χ2v) is 8.29. The SMILES string of the molecule is C=CC[C@]1(C(=O)O)CCCN(S(=O)(=O)N2CCC(OC)CC2)C1. The molecule has 2 heterocycles. The zero-order valence-electron chi connectivity index (χ0n) is 13.6. The molecule has 132 valence electrons. The Labute approximate surface area is 138 Å². The molecule has 0 amide bonds. The van der Waals surface area contributed by atoms with Crippen molar-refractivity contribution in [3.05, 3.63) is 12.7 Å². The highest BCUT2D eigenvalue weighted by atomic mass is 32.2. The van der Waals surface area contributed by atoms with E-state index in [2.05, 4.69) is 6.58 Å². The van der Waals surface area contributed by atoms with Gasteiger partial charge in [-0.25, -0.2) is 0 Å². The molecule has 1 atom stereocenters. The summed E-state index contributed by atoms with van der Waals surface area (Å²) in [6, 6.07) is 0. The molecule has 7 nitrogen and oxygen atoms in total. The van der Waals surface area contributed by atoms with Gasteiger partial charge in [-0.05, 0) is 32.1 Å². The maximum absolute atomic E-state index is 12.8. The number of allylic oxidation sites excluding steroid dienone is 1. The van der Waals surface area contributed by atoms with Gasteiger partial charge in [0.2, 0.25) is 0 Å². The molecule has 1 N–H and O–H groups in total. The summed E-state index contributed by atoms with van der Waals surface area (Å²) >= 11 is 0. The fourth-order valence-electron chi connectivity index (χ4n) is 3.45. The molecular weight excluding hydrogens is 320 g/mol. The Morgan fingerprint density at radius 3 is 2.52 bits per heavy atom. The summed E-state index contributed by atoms with van der Waals surface area (Å²) in [4.78, 5) is 11.7. The van der Waals surface area contributed by atoms with Crippen LogP contribution in [0, 0.1) is 5.41 Å². The van der Waals surface area contributed by atoms with Gasteiger partial charge in [0.15, 0.2) is 0 Å². The first-order chi connectivity index (χ1) is 10.9. The van der Waals surface area contributed by atoms with Crippen LogP contribution in [0.3, 0.4) is 0 Å². The summed E-state index contributed by atoms with van der Waals surface area (Å²) in [5.41, 5.74) is -1.06. The number of carboxylic acid groups (broad SMARTS) is 1. The largest absolute Gasteiger partial charge is 0.481 e. The number of aliphatic carboxylic acids is 1. The van der Waals surface area contributed by atoms with Gasteiger partial charge in [-0.3, -0.25) is 4.79 Å². The molecule has 0 spiro atoms. The maximum atomic E-state index is 12.8. The van der Waals surface area contributed by atoms with Crippen molar-refractivity contribution in [1.29, 1.82) is 0 Å². The smallest absolute Gasteiger partial charge is 0.311 e. The van der Waals surface area contributed by atoms with Gasteiger partial charge < -0.3 is 9.84 Å². The van der Waals surface area contributed by atoms with Gasteiger partial charge in [-0.15, -0.1) is 6.58 Å². The predicted octanol–water partition coefficient (Wildman–Crippen LogP) is 1.08. The van der Waals surface area contributed by atoms with Crippen molar-refractivity contribution in [1.82, 2.24) is 8.61 Å². The first-order valence-corrected chi connectivity index (χ1v) is 9.38. The molecule has 2 fully saturated rings. The van der Waals surface area contributed by atoms with Gasteiger partial charge in [0.25, 0.3) is 10.2 Å². The first kappa shape index (κ1) is 18.4. The van der Waals surface area contributed by atoms with Crippen LogP contribution >= 0.6 is 0 Å². The quantitative estimate of drug-likeness (QED) is 0.727. The molecular formula is C15H26N2O5S. The molecule has 0 aromatic heterocycles. The fourth-order valence-corrected chi connectivity index (χ4v) is 5.22. The average molecular weight is 346 g/mol. The minimum atomic E-state index is -3.63. The summed E-state index contributed by atoms with van der Waals surface area (Å²) in [7, 11) is -1.99. The molecule has 2 aliphatic heterocycles. The van der Waals surface area contributed by atoms with Crippen LogP contribution in [0.25, 0.3) is 0 Å². The topological polar surface area (TPSA) is 87.2 Å². The van der Waals surface area contributed by atoms with Crippen LogP contribution in [0.1, 0.15) is 32.1 Å². The summed E-state index contributed by atoms with van der Waals surface area (Å²) in [6.45, 7) is 4.84. The number of carbonyl (C=O) groups is 1. The number of methoxy groups -OCH3 is 1. The van der Waals surface area contributed by atoms with E-state index in [1.807, 2.05) is 0 Å². The molecule has 2 saturated heterocycles. The Morgan fingerprint density at radius 2 is 2.00 bits per heavy atom. The Morgan fingerprint density at radius 1 is 1.35 bits per heavy atom. The molecule has 0 aromatic rings. The molecule has 0 aromatic carbocycles. The summed E-state index contributed by atoms with van der Waals surface area (Å²) in [5, 5.41) is 9.58. The zero-order chi connectivity index (χ0) is 17.1. The van der Waals surface area contributed by atoms with E-state index in [4.69, 9.17) is 4.74 Å². The van der Waals surface area contributed by atoms with E-state index in [0.717, 1.165) is 0 Å². The van der Waals surface area contributed by atoms with E-state index >= 15 is 0 Å². The molecule has 2 rings (SSSR count). The monoisotopic (exact) mass is 346 g/mol. The standard InChI is InChI=1S/C15H26N2O5S/c1-3-7-15(14(18)19)8-4-9-17(12-15)23(20,21)16-10-5-13(22-2)6-11-16/h3,13H,1,4-12H2,2H3,(H,18,19)/t15-/m0/s1. The van der Waals surface area contributed by atoms with Gasteiger partial charge in [0, 0.05) is 33.3 Å². The number of piperidine rings is 2. The molecule has 8 heteroatoms.